The van der Waals surface area contributed by atoms with Crippen LogP contribution in [0.1, 0.15) is 29.2 Å². The van der Waals surface area contributed by atoms with Crippen molar-refractivity contribution in [1.82, 2.24) is 9.55 Å². The number of aryl methyl sites for hydroxylation is 1. The lowest BCUT2D eigenvalue weighted by Crippen LogP contribution is -2.28. The third kappa shape index (κ3) is 5.48. The van der Waals surface area contributed by atoms with Gasteiger partial charge in [-0.2, -0.15) is 18.4 Å². The second-order valence-electron chi connectivity index (χ2n) is 8.50. The Balaban J connectivity index is 1.90. The monoisotopic (exact) mass is 579 g/mol. The predicted octanol–water partition coefficient (Wildman–Crippen LogP) is 5.96. The number of sulfone groups is 1. The molecule has 202 valence electrons. The van der Waals surface area contributed by atoms with Crippen LogP contribution in [0.15, 0.2) is 57.8 Å². The van der Waals surface area contributed by atoms with Gasteiger partial charge in [-0.1, -0.05) is 13.0 Å². The van der Waals surface area contributed by atoms with Gasteiger partial charge in [0.2, 0.25) is 0 Å². The Morgan fingerprint density at radius 3 is 2.41 bits per heavy atom. The molecule has 0 N–H and O–H groups in total. The normalized spacial score (nSPS) is 11.9. The Morgan fingerprint density at radius 1 is 1.10 bits per heavy atom. The molecule has 0 aliphatic heterocycles. The standard InChI is InChI=1S/C26H18F5N3O3S2/c1-3-39(36,37)24-14(2)6-16(11-33-24)17-7-23(38-13-17)22-9-20(26(29,30)31)19(10-32)25(35)34(22)12-15-4-5-18(27)8-21(15)28/h4-9,11,13H,3,12H2,1-2H3. The molecule has 0 aliphatic rings. The van der Waals surface area contributed by atoms with Crippen LogP contribution in [-0.4, -0.2) is 23.7 Å². The molecule has 0 spiro atoms. The molecule has 0 radical (unpaired) electrons. The fraction of sp³-hybridized carbons (Fsp3) is 0.192. The van der Waals surface area contributed by atoms with E-state index >= 15 is 0 Å². The second kappa shape index (κ2) is 10.3. The van der Waals surface area contributed by atoms with Crippen LogP contribution in [0.4, 0.5) is 22.0 Å². The van der Waals surface area contributed by atoms with Gasteiger partial charge in [0.15, 0.2) is 14.9 Å². The van der Waals surface area contributed by atoms with Crippen LogP contribution in [0, 0.1) is 29.9 Å². The van der Waals surface area contributed by atoms with Gasteiger partial charge in [0, 0.05) is 23.4 Å². The molecule has 3 aromatic heterocycles. The van der Waals surface area contributed by atoms with E-state index in [2.05, 4.69) is 4.98 Å². The fourth-order valence-corrected chi connectivity index (χ4v) is 5.94. The number of nitrogens with zero attached hydrogens (tertiary/aromatic N) is 3. The summed E-state index contributed by atoms with van der Waals surface area (Å²) < 4.78 is 94.5. The number of alkyl halides is 3. The molecule has 3 heterocycles. The Morgan fingerprint density at radius 2 is 1.82 bits per heavy atom. The van der Waals surface area contributed by atoms with Crippen LogP contribution < -0.4 is 5.56 Å². The molecule has 0 saturated heterocycles. The van der Waals surface area contributed by atoms with Crippen LogP contribution in [0.25, 0.3) is 21.7 Å². The highest BCUT2D eigenvalue weighted by atomic mass is 32.2. The van der Waals surface area contributed by atoms with Crippen molar-refractivity contribution in [1.29, 1.82) is 5.26 Å². The summed E-state index contributed by atoms with van der Waals surface area (Å²) in [6.45, 7) is 2.49. The smallest absolute Gasteiger partial charge is 0.302 e. The molecule has 0 aliphatic carbocycles. The third-order valence-corrected chi connectivity index (χ3v) is 8.68. The maximum absolute atomic E-state index is 14.4. The molecular weight excluding hydrogens is 561 g/mol. The molecule has 0 fully saturated rings. The Bertz CT molecular complexity index is 1800. The molecule has 0 saturated carbocycles. The lowest BCUT2D eigenvalue weighted by Gasteiger charge is -2.17. The van der Waals surface area contributed by atoms with E-state index in [0.29, 0.717) is 28.8 Å². The molecule has 4 aromatic rings. The van der Waals surface area contributed by atoms with Gasteiger partial charge in [-0.15, -0.1) is 11.3 Å². The average molecular weight is 580 g/mol. The minimum absolute atomic E-state index is 0.0822. The summed E-state index contributed by atoms with van der Waals surface area (Å²) in [5.74, 6) is -2.03. The van der Waals surface area contributed by atoms with Crippen LogP contribution >= 0.6 is 11.3 Å². The summed E-state index contributed by atoms with van der Waals surface area (Å²) in [4.78, 5) is 17.3. The van der Waals surface area contributed by atoms with Crippen LogP contribution in [0.5, 0.6) is 0 Å². The Kier molecular flexibility index (Phi) is 7.46. The first-order chi connectivity index (χ1) is 18.3. The number of pyridine rings is 2. The lowest BCUT2D eigenvalue weighted by atomic mass is 10.1. The maximum atomic E-state index is 14.4. The van der Waals surface area contributed by atoms with Gasteiger partial charge in [0.25, 0.3) is 5.56 Å². The SMILES string of the molecule is CCS(=O)(=O)c1ncc(-c2csc(-c3cc(C(F)(F)F)c(C#N)c(=O)n3Cc3ccc(F)cc3F)c2)cc1C. The highest BCUT2D eigenvalue weighted by molar-refractivity contribution is 7.91. The number of thiophene rings is 1. The van der Waals surface area contributed by atoms with Crippen LogP contribution in [-0.2, 0) is 22.6 Å². The molecule has 0 unspecified atom stereocenters. The van der Waals surface area contributed by atoms with Crippen molar-refractivity contribution in [3.05, 3.63) is 92.2 Å². The molecule has 4 rings (SSSR count). The van der Waals surface area contributed by atoms with Crippen LogP contribution in [0.3, 0.4) is 0 Å². The molecule has 0 atom stereocenters. The van der Waals surface area contributed by atoms with Crippen LogP contribution in [0.2, 0.25) is 0 Å². The molecule has 6 nitrogen and oxygen atoms in total. The number of hydrogen-bond donors (Lipinski definition) is 0. The molecule has 0 bridgehead atoms. The molecule has 13 heteroatoms. The quantitative estimate of drug-likeness (QED) is 0.263. The summed E-state index contributed by atoms with van der Waals surface area (Å²) >= 11 is 0.981. The van der Waals surface area contributed by atoms with Gasteiger partial charge in [-0.05, 0) is 47.7 Å². The molecule has 1 aromatic carbocycles. The van der Waals surface area contributed by atoms with Gasteiger partial charge >= 0.3 is 6.18 Å². The summed E-state index contributed by atoms with van der Waals surface area (Å²) in [5, 5.41) is 10.8. The lowest BCUT2D eigenvalue weighted by molar-refractivity contribution is -0.137. The molecular formula is C26H18F5N3O3S2. The second-order valence-corrected chi connectivity index (χ2v) is 11.6. The van der Waals surface area contributed by atoms with Crippen molar-refractivity contribution >= 4 is 21.2 Å². The van der Waals surface area contributed by atoms with Crippen molar-refractivity contribution in [2.75, 3.05) is 5.75 Å². The first-order valence-corrected chi connectivity index (χ1v) is 13.8. The third-order valence-electron chi connectivity index (χ3n) is 5.95. The number of hydrogen-bond acceptors (Lipinski definition) is 6. The Labute approximate surface area is 223 Å². The Hall–Kier alpha value is -3.89. The first-order valence-electron chi connectivity index (χ1n) is 11.2. The van der Waals surface area contributed by atoms with E-state index in [4.69, 9.17) is 0 Å². The van der Waals surface area contributed by atoms with E-state index in [1.165, 1.54) is 25.3 Å². The maximum Gasteiger partial charge on any atom is 0.417 e. The van der Waals surface area contributed by atoms with Crippen molar-refractivity contribution in [3.8, 4) is 27.8 Å². The molecule has 0 amide bonds. The van der Waals surface area contributed by atoms with Crippen molar-refractivity contribution in [2.45, 2.75) is 31.6 Å². The van der Waals surface area contributed by atoms with Gasteiger partial charge in [-0.3, -0.25) is 4.79 Å². The van der Waals surface area contributed by atoms with Crippen molar-refractivity contribution < 1.29 is 30.4 Å². The zero-order valence-electron chi connectivity index (χ0n) is 20.3. The van der Waals surface area contributed by atoms with Gasteiger partial charge in [0.1, 0.15) is 23.3 Å². The van der Waals surface area contributed by atoms with E-state index in [9.17, 15) is 40.4 Å². The van der Waals surface area contributed by atoms with E-state index in [1.807, 2.05) is 0 Å². The minimum Gasteiger partial charge on any atom is -0.302 e. The highest BCUT2D eigenvalue weighted by Crippen LogP contribution is 2.37. The molecule has 39 heavy (non-hydrogen) atoms. The topological polar surface area (TPSA) is 92.8 Å². The van der Waals surface area contributed by atoms with Gasteiger partial charge in [-0.25, -0.2) is 22.2 Å². The summed E-state index contributed by atoms with van der Waals surface area (Å²) in [7, 11) is -3.57. The van der Waals surface area contributed by atoms with Crippen molar-refractivity contribution in [3.63, 3.8) is 0 Å². The zero-order valence-corrected chi connectivity index (χ0v) is 21.9. The number of halogens is 5. The largest absolute Gasteiger partial charge is 0.417 e. The van der Waals surface area contributed by atoms with E-state index < -0.39 is 50.9 Å². The van der Waals surface area contributed by atoms with Gasteiger partial charge < -0.3 is 4.57 Å². The number of nitriles is 1. The average Bonchev–Trinajstić information content (AvgIpc) is 3.35. The highest BCUT2D eigenvalue weighted by Gasteiger charge is 2.37. The van der Waals surface area contributed by atoms with E-state index in [1.54, 1.807) is 18.4 Å². The summed E-state index contributed by atoms with van der Waals surface area (Å²) in [5.41, 5.74) is -2.95. The predicted molar refractivity (Wildman–Crippen MR) is 135 cm³/mol. The van der Waals surface area contributed by atoms with E-state index in [-0.39, 0.29) is 26.9 Å². The van der Waals surface area contributed by atoms with E-state index in [0.717, 1.165) is 28.0 Å². The number of aromatic nitrogens is 2. The summed E-state index contributed by atoms with van der Waals surface area (Å²) in [6, 6.07) is 7.58. The number of benzene rings is 1. The van der Waals surface area contributed by atoms with Crippen molar-refractivity contribution in [2.24, 2.45) is 0 Å². The summed E-state index contributed by atoms with van der Waals surface area (Å²) in [6.07, 6.45) is -3.71. The van der Waals surface area contributed by atoms with Gasteiger partial charge in [0.05, 0.1) is 28.4 Å². The zero-order chi connectivity index (χ0) is 28.7. The number of rotatable bonds is 6. The fourth-order valence-electron chi connectivity index (χ4n) is 3.96. The first kappa shape index (κ1) is 28.1. The minimum atomic E-state index is -5.03.